The summed E-state index contributed by atoms with van der Waals surface area (Å²) in [5.41, 5.74) is 1.78. The number of pyridine rings is 1. The minimum absolute atomic E-state index is 0.0408. The summed E-state index contributed by atoms with van der Waals surface area (Å²) in [5.74, 6) is -0.129. The number of carbonyl (C=O) groups is 2. The lowest BCUT2D eigenvalue weighted by atomic mass is 9.97. The Balaban J connectivity index is 1.46. The summed E-state index contributed by atoms with van der Waals surface area (Å²) in [5, 5.41) is 3.01. The van der Waals surface area contributed by atoms with Gasteiger partial charge in [-0.1, -0.05) is 11.6 Å². The van der Waals surface area contributed by atoms with Crippen LogP contribution in [-0.4, -0.2) is 41.8 Å². The molecule has 2 aliphatic carbocycles. The number of hydrogen-bond donors (Lipinski definition) is 1. The van der Waals surface area contributed by atoms with Crippen molar-refractivity contribution in [3.63, 3.8) is 0 Å². The first-order chi connectivity index (χ1) is 12.6. The molecule has 140 valence electrons. The Hall–Kier alpha value is -2.17. The molecule has 1 N–H and O–H groups in total. The fraction of sp³-hybridized carbons (Fsp3) is 0.571. The van der Waals surface area contributed by atoms with Gasteiger partial charge in [-0.25, -0.2) is 0 Å². The summed E-state index contributed by atoms with van der Waals surface area (Å²) >= 11 is 0. The molecular formula is C21H29N3O2. The number of rotatable bonds is 8. The number of nitrogens with one attached hydrogen (secondary N) is 1. The molecule has 1 heterocycles. The molecule has 5 heteroatoms. The zero-order valence-corrected chi connectivity index (χ0v) is 15.7. The Morgan fingerprint density at radius 3 is 2.62 bits per heavy atom. The van der Waals surface area contributed by atoms with Crippen LogP contribution in [0.1, 0.15) is 50.5 Å². The van der Waals surface area contributed by atoms with Gasteiger partial charge < -0.3 is 10.2 Å². The molecular weight excluding hydrogens is 326 g/mol. The van der Waals surface area contributed by atoms with E-state index in [-0.39, 0.29) is 11.8 Å². The number of hydrogen-bond acceptors (Lipinski definition) is 3. The van der Waals surface area contributed by atoms with Crippen molar-refractivity contribution in [1.82, 2.24) is 15.2 Å². The van der Waals surface area contributed by atoms with E-state index in [0.717, 1.165) is 31.2 Å². The minimum atomic E-state index is -0.812. The van der Waals surface area contributed by atoms with Crippen molar-refractivity contribution in [2.24, 2.45) is 5.41 Å². The highest BCUT2D eigenvalue weighted by atomic mass is 16.2. The first kappa shape index (κ1) is 18.6. The van der Waals surface area contributed by atoms with Gasteiger partial charge in [0, 0.05) is 32.5 Å². The smallest absolute Gasteiger partial charge is 0.238 e. The van der Waals surface area contributed by atoms with E-state index in [4.69, 9.17) is 0 Å². The van der Waals surface area contributed by atoms with Crippen LogP contribution in [0.25, 0.3) is 0 Å². The second-order valence-corrected chi connectivity index (χ2v) is 7.53. The minimum Gasteiger partial charge on any atom is -0.355 e. The van der Waals surface area contributed by atoms with Crippen molar-refractivity contribution < 1.29 is 9.59 Å². The largest absolute Gasteiger partial charge is 0.355 e. The van der Waals surface area contributed by atoms with Gasteiger partial charge in [0.15, 0.2) is 0 Å². The van der Waals surface area contributed by atoms with Gasteiger partial charge in [-0.2, -0.15) is 0 Å². The van der Waals surface area contributed by atoms with Crippen LogP contribution in [0, 0.1) is 5.41 Å². The van der Waals surface area contributed by atoms with E-state index in [1.165, 1.54) is 18.4 Å². The molecule has 0 atom stereocenters. The number of allylic oxidation sites excluding steroid dienone is 1. The number of likely N-dealkylation sites (N-methyl/N-ethyl adjacent to an activating group) is 1. The van der Waals surface area contributed by atoms with Gasteiger partial charge in [0.25, 0.3) is 0 Å². The van der Waals surface area contributed by atoms with Crippen LogP contribution in [0.15, 0.2) is 36.2 Å². The molecule has 1 fully saturated rings. The molecule has 2 aliphatic rings. The fourth-order valence-corrected chi connectivity index (χ4v) is 3.61. The van der Waals surface area contributed by atoms with Crippen molar-refractivity contribution in [3.05, 3.63) is 41.7 Å². The first-order valence-corrected chi connectivity index (χ1v) is 9.72. The second-order valence-electron chi connectivity index (χ2n) is 7.53. The van der Waals surface area contributed by atoms with Crippen LogP contribution in [-0.2, 0) is 16.0 Å². The monoisotopic (exact) mass is 355 g/mol. The average molecular weight is 355 g/mol. The Labute approximate surface area is 155 Å². The lowest BCUT2D eigenvalue weighted by Gasteiger charge is -2.23. The van der Waals surface area contributed by atoms with E-state index in [9.17, 15) is 9.59 Å². The molecule has 0 aliphatic heterocycles. The predicted molar refractivity (Wildman–Crippen MR) is 101 cm³/mol. The molecule has 5 nitrogen and oxygen atoms in total. The van der Waals surface area contributed by atoms with E-state index in [2.05, 4.69) is 16.4 Å². The van der Waals surface area contributed by atoms with Crippen molar-refractivity contribution in [2.45, 2.75) is 51.4 Å². The maximum atomic E-state index is 12.8. The summed E-state index contributed by atoms with van der Waals surface area (Å²) < 4.78 is 0. The van der Waals surface area contributed by atoms with Gasteiger partial charge in [-0.05, 0) is 69.1 Å². The molecule has 1 saturated carbocycles. The molecule has 0 spiro atoms. The van der Waals surface area contributed by atoms with Crippen LogP contribution in [0.2, 0.25) is 0 Å². The Bertz CT molecular complexity index is 665. The lowest BCUT2D eigenvalue weighted by Crippen LogP contribution is -2.44. The highest BCUT2D eigenvalue weighted by Crippen LogP contribution is 2.47. The van der Waals surface area contributed by atoms with Gasteiger partial charge in [0.2, 0.25) is 11.8 Å². The summed E-state index contributed by atoms with van der Waals surface area (Å²) in [7, 11) is 1.80. The maximum Gasteiger partial charge on any atom is 0.238 e. The molecule has 1 aromatic rings. The second kappa shape index (κ2) is 8.47. The highest BCUT2D eigenvalue weighted by molar-refractivity contribution is 6.07. The standard InChI is InChI=1S/C21H29N3O2/c1-24(16-10-18-7-13-22-14-8-18)20(26)21(11-12-21)19(25)23-15-9-17-5-3-2-4-6-17/h5,7-8,13-14H,2-4,6,9-12,15-16H2,1H3,(H,23,25). The molecule has 2 amide bonds. The third kappa shape index (κ3) is 4.51. The van der Waals surface area contributed by atoms with Gasteiger partial charge in [0.1, 0.15) is 5.41 Å². The van der Waals surface area contributed by atoms with Crippen LogP contribution in [0.4, 0.5) is 0 Å². The maximum absolute atomic E-state index is 12.8. The summed E-state index contributed by atoms with van der Waals surface area (Å²) in [6.45, 7) is 1.26. The normalized spacial score (nSPS) is 18.0. The fourth-order valence-electron chi connectivity index (χ4n) is 3.61. The third-order valence-corrected chi connectivity index (χ3v) is 5.54. The van der Waals surface area contributed by atoms with Crippen LogP contribution < -0.4 is 5.32 Å². The molecule has 0 radical (unpaired) electrons. The number of aromatic nitrogens is 1. The Kier molecular flexibility index (Phi) is 6.07. The Morgan fingerprint density at radius 2 is 1.96 bits per heavy atom. The number of nitrogens with zero attached hydrogens (tertiary/aromatic N) is 2. The topological polar surface area (TPSA) is 62.3 Å². The lowest BCUT2D eigenvalue weighted by molar-refractivity contribution is -0.143. The van der Waals surface area contributed by atoms with Crippen molar-refractivity contribution >= 4 is 11.8 Å². The van der Waals surface area contributed by atoms with Gasteiger partial charge in [0.05, 0.1) is 0 Å². The summed E-state index contributed by atoms with van der Waals surface area (Å²) in [6.07, 6.45) is 13.7. The number of carbonyl (C=O) groups excluding carboxylic acids is 2. The van der Waals surface area contributed by atoms with Crippen molar-refractivity contribution in [2.75, 3.05) is 20.1 Å². The van der Waals surface area contributed by atoms with Gasteiger partial charge in [-0.15, -0.1) is 0 Å². The Morgan fingerprint density at radius 1 is 1.19 bits per heavy atom. The van der Waals surface area contributed by atoms with Gasteiger partial charge in [-0.3, -0.25) is 14.6 Å². The van der Waals surface area contributed by atoms with E-state index in [1.54, 1.807) is 24.3 Å². The van der Waals surface area contributed by atoms with Gasteiger partial charge >= 0.3 is 0 Å². The molecule has 0 bridgehead atoms. The molecule has 1 aromatic heterocycles. The van der Waals surface area contributed by atoms with Crippen LogP contribution >= 0.6 is 0 Å². The zero-order chi connectivity index (χ0) is 18.4. The van der Waals surface area contributed by atoms with E-state index in [0.29, 0.717) is 25.9 Å². The number of amides is 2. The molecule has 0 unspecified atom stereocenters. The van der Waals surface area contributed by atoms with E-state index in [1.807, 2.05) is 12.1 Å². The quantitative estimate of drug-likeness (QED) is 0.576. The SMILES string of the molecule is CN(CCc1ccncc1)C(=O)C1(C(=O)NCCC2=CCCCC2)CC1. The summed E-state index contributed by atoms with van der Waals surface area (Å²) in [4.78, 5) is 31.1. The third-order valence-electron chi connectivity index (χ3n) is 5.54. The average Bonchev–Trinajstić information content (AvgIpc) is 3.49. The van der Waals surface area contributed by atoms with Crippen molar-refractivity contribution in [3.8, 4) is 0 Å². The van der Waals surface area contributed by atoms with Crippen LogP contribution in [0.5, 0.6) is 0 Å². The van der Waals surface area contributed by atoms with Crippen molar-refractivity contribution in [1.29, 1.82) is 0 Å². The molecule has 0 saturated heterocycles. The predicted octanol–water partition coefficient (Wildman–Crippen LogP) is 2.87. The van der Waals surface area contributed by atoms with Crippen LogP contribution in [0.3, 0.4) is 0 Å². The van der Waals surface area contributed by atoms with E-state index < -0.39 is 5.41 Å². The molecule has 3 rings (SSSR count). The summed E-state index contributed by atoms with van der Waals surface area (Å²) in [6, 6.07) is 3.91. The van der Waals surface area contributed by atoms with E-state index >= 15 is 0 Å². The zero-order valence-electron chi connectivity index (χ0n) is 15.7. The molecule has 26 heavy (non-hydrogen) atoms. The highest BCUT2D eigenvalue weighted by Gasteiger charge is 2.57. The molecule has 0 aromatic carbocycles. The first-order valence-electron chi connectivity index (χ1n) is 9.72.